The molecule has 1 aliphatic rings. The predicted octanol–water partition coefficient (Wildman–Crippen LogP) is 1.27. The molecule has 0 amide bonds. The molecule has 0 aromatic heterocycles. The molecule has 1 saturated heterocycles. The van der Waals surface area contributed by atoms with Crippen molar-refractivity contribution < 1.29 is 21.9 Å². The number of sulfonamides is 1. The molecule has 1 aromatic carbocycles. The number of hydrogen-bond acceptors (Lipinski definition) is 4. The molecule has 22 heavy (non-hydrogen) atoms. The van der Waals surface area contributed by atoms with Gasteiger partial charge in [0, 0.05) is 32.7 Å². The number of benzene rings is 1. The lowest BCUT2D eigenvalue weighted by atomic mass is 10.3. The van der Waals surface area contributed by atoms with Crippen LogP contribution in [-0.4, -0.2) is 70.0 Å². The van der Waals surface area contributed by atoms with Gasteiger partial charge in [-0.1, -0.05) is 18.2 Å². The summed E-state index contributed by atoms with van der Waals surface area (Å²) >= 11 is 0. The zero-order chi connectivity index (χ0) is 16.0. The van der Waals surface area contributed by atoms with Gasteiger partial charge in [0.25, 0.3) is 6.43 Å². The fraction of sp³-hybridized carbons (Fsp3) is 0.571. The highest BCUT2D eigenvalue weighted by molar-refractivity contribution is 7.89. The Morgan fingerprint density at radius 3 is 2.32 bits per heavy atom. The second-order valence-corrected chi connectivity index (χ2v) is 6.96. The van der Waals surface area contributed by atoms with Gasteiger partial charge in [-0.05, 0) is 12.1 Å². The van der Waals surface area contributed by atoms with Crippen molar-refractivity contribution >= 4 is 10.0 Å². The molecule has 1 aromatic rings. The number of piperazine rings is 1. The fourth-order valence-electron chi connectivity index (χ4n) is 2.30. The van der Waals surface area contributed by atoms with Crippen LogP contribution in [0, 0.1) is 0 Å². The van der Waals surface area contributed by atoms with Gasteiger partial charge in [0.2, 0.25) is 10.0 Å². The van der Waals surface area contributed by atoms with Crippen molar-refractivity contribution in [2.75, 3.05) is 45.9 Å². The molecule has 1 heterocycles. The third kappa shape index (κ3) is 4.70. The summed E-state index contributed by atoms with van der Waals surface area (Å²) < 4.78 is 55.0. The van der Waals surface area contributed by atoms with E-state index in [1.54, 1.807) is 30.3 Å². The molecule has 0 N–H and O–H groups in total. The second-order valence-electron chi connectivity index (χ2n) is 5.02. The van der Waals surface area contributed by atoms with Crippen molar-refractivity contribution in [1.29, 1.82) is 0 Å². The number of nitrogens with zero attached hydrogens (tertiary/aromatic N) is 2. The van der Waals surface area contributed by atoms with E-state index in [4.69, 9.17) is 4.74 Å². The Hall–Kier alpha value is -1.09. The standard InChI is InChI=1S/C14H20F2N2O3S/c15-14(16)12-21-11-10-17-6-8-18(9-7-17)22(19,20)13-4-2-1-3-5-13/h1-5,14H,6-12H2. The van der Waals surface area contributed by atoms with E-state index in [9.17, 15) is 17.2 Å². The highest BCUT2D eigenvalue weighted by atomic mass is 32.2. The fourth-order valence-corrected chi connectivity index (χ4v) is 3.74. The van der Waals surface area contributed by atoms with Crippen LogP contribution in [-0.2, 0) is 14.8 Å². The third-order valence-electron chi connectivity index (χ3n) is 3.51. The zero-order valence-electron chi connectivity index (χ0n) is 12.2. The molecule has 0 spiro atoms. The van der Waals surface area contributed by atoms with Crippen molar-refractivity contribution in [3.63, 3.8) is 0 Å². The second kappa shape index (κ2) is 7.96. The lowest BCUT2D eigenvalue weighted by Crippen LogP contribution is -2.49. The number of rotatable bonds is 7. The summed E-state index contributed by atoms with van der Waals surface area (Å²) in [5.74, 6) is 0. The maximum absolute atomic E-state index is 12.4. The van der Waals surface area contributed by atoms with Crippen LogP contribution in [0.1, 0.15) is 0 Å². The van der Waals surface area contributed by atoms with Gasteiger partial charge < -0.3 is 4.74 Å². The van der Waals surface area contributed by atoms with Crippen LogP contribution in [0.5, 0.6) is 0 Å². The number of halogens is 2. The lowest BCUT2D eigenvalue weighted by molar-refractivity contribution is 0.00743. The van der Waals surface area contributed by atoms with E-state index in [0.717, 1.165) is 0 Å². The third-order valence-corrected chi connectivity index (χ3v) is 5.42. The van der Waals surface area contributed by atoms with E-state index < -0.39 is 23.1 Å². The molecule has 0 bridgehead atoms. The average molecular weight is 334 g/mol. The van der Waals surface area contributed by atoms with Crippen molar-refractivity contribution in [2.24, 2.45) is 0 Å². The largest absolute Gasteiger partial charge is 0.374 e. The average Bonchev–Trinajstić information content (AvgIpc) is 2.53. The SMILES string of the molecule is O=S(=O)(c1ccccc1)N1CCN(CCOCC(F)F)CC1. The number of hydrogen-bond donors (Lipinski definition) is 0. The van der Waals surface area contributed by atoms with E-state index >= 15 is 0 Å². The predicted molar refractivity (Wildman–Crippen MR) is 78.5 cm³/mol. The van der Waals surface area contributed by atoms with Crippen LogP contribution in [0.15, 0.2) is 35.2 Å². The van der Waals surface area contributed by atoms with E-state index in [0.29, 0.717) is 37.6 Å². The molecule has 8 heteroatoms. The molecule has 124 valence electrons. The summed E-state index contributed by atoms with van der Waals surface area (Å²) in [5, 5.41) is 0. The Labute approximate surface area is 129 Å². The maximum Gasteiger partial charge on any atom is 0.261 e. The molecule has 1 aliphatic heterocycles. The Bertz CT molecular complexity index is 546. The van der Waals surface area contributed by atoms with Gasteiger partial charge in [-0.2, -0.15) is 4.31 Å². The Balaban J connectivity index is 1.80. The van der Waals surface area contributed by atoms with E-state index in [1.807, 2.05) is 4.90 Å². The zero-order valence-corrected chi connectivity index (χ0v) is 13.0. The molecule has 0 radical (unpaired) electrons. The summed E-state index contributed by atoms with van der Waals surface area (Å²) in [6.45, 7) is 2.15. The van der Waals surface area contributed by atoms with Crippen LogP contribution in [0.4, 0.5) is 8.78 Å². The minimum atomic E-state index is -3.45. The normalized spacial score (nSPS) is 18.0. The van der Waals surface area contributed by atoms with Gasteiger partial charge >= 0.3 is 0 Å². The quantitative estimate of drug-likeness (QED) is 0.705. The van der Waals surface area contributed by atoms with Crippen LogP contribution < -0.4 is 0 Å². The highest BCUT2D eigenvalue weighted by Crippen LogP contribution is 2.16. The van der Waals surface area contributed by atoms with Crippen LogP contribution in [0.2, 0.25) is 0 Å². The first-order valence-corrected chi connectivity index (χ1v) is 8.57. The summed E-state index contributed by atoms with van der Waals surface area (Å²) in [4.78, 5) is 2.31. The van der Waals surface area contributed by atoms with Crippen molar-refractivity contribution in [1.82, 2.24) is 9.21 Å². The summed E-state index contributed by atoms with van der Waals surface area (Å²) in [6.07, 6.45) is -2.45. The summed E-state index contributed by atoms with van der Waals surface area (Å²) in [7, 11) is -3.45. The molecular weight excluding hydrogens is 314 g/mol. The molecule has 2 rings (SSSR count). The van der Waals surface area contributed by atoms with E-state index in [-0.39, 0.29) is 6.61 Å². The van der Waals surface area contributed by atoms with E-state index in [1.165, 1.54) is 4.31 Å². The van der Waals surface area contributed by atoms with Gasteiger partial charge in [-0.3, -0.25) is 4.90 Å². The molecule has 0 saturated carbocycles. The topological polar surface area (TPSA) is 49.9 Å². The molecule has 0 unspecified atom stereocenters. The highest BCUT2D eigenvalue weighted by Gasteiger charge is 2.28. The van der Waals surface area contributed by atoms with Gasteiger partial charge in [-0.15, -0.1) is 0 Å². The van der Waals surface area contributed by atoms with Gasteiger partial charge in [-0.25, -0.2) is 17.2 Å². The summed E-state index contributed by atoms with van der Waals surface area (Å²) in [6, 6.07) is 8.34. The Morgan fingerprint density at radius 1 is 1.09 bits per heavy atom. The molecular formula is C14H20F2N2O3S. The van der Waals surface area contributed by atoms with Crippen molar-refractivity contribution in [3.05, 3.63) is 30.3 Å². The maximum atomic E-state index is 12.4. The van der Waals surface area contributed by atoms with Crippen LogP contribution in [0.3, 0.4) is 0 Å². The Kier molecular flexibility index (Phi) is 6.25. The van der Waals surface area contributed by atoms with Gasteiger partial charge in [0.1, 0.15) is 6.61 Å². The first kappa shape index (κ1) is 17.3. The summed E-state index contributed by atoms with van der Waals surface area (Å²) in [5.41, 5.74) is 0. The van der Waals surface area contributed by atoms with Crippen molar-refractivity contribution in [2.45, 2.75) is 11.3 Å². The number of ether oxygens (including phenoxy) is 1. The minimum Gasteiger partial charge on any atom is -0.374 e. The number of alkyl halides is 2. The molecule has 0 atom stereocenters. The van der Waals surface area contributed by atoms with E-state index in [2.05, 4.69) is 0 Å². The van der Waals surface area contributed by atoms with Crippen LogP contribution in [0.25, 0.3) is 0 Å². The monoisotopic (exact) mass is 334 g/mol. The lowest BCUT2D eigenvalue weighted by Gasteiger charge is -2.33. The smallest absolute Gasteiger partial charge is 0.261 e. The molecule has 0 aliphatic carbocycles. The first-order chi connectivity index (χ1) is 10.5. The van der Waals surface area contributed by atoms with Crippen molar-refractivity contribution in [3.8, 4) is 0 Å². The van der Waals surface area contributed by atoms with Gasteiger partial charge in [0.15, 0.2) is 0 Å². The molecule has 5 nitrogen and oxygen atoms in total. The Morgan fingerprint density at radius 2 is 1.73 bits per heavy atom. The van der Waals surface area contributed by atoms with Crippen LogP contribution >= 0.6 is 0 Å². The van der Waals surface area contributed by atoms with Gasteiger partial charge in [0.05, 0.1) is 11.5 Å². The minimum absolute atomic E-state index is 0.232. The first-order valence-electron chi connectivity index (χ1n) is 7.13. The molecule has 1 fully saturated rings.